The Labute approximate surface area is 163 Å². The largest absolute Gasteiger partial charge is 0.316 e. The van der Waals surface area contributed by atoms with Crippen molar-refractivity contribution in [1.82, 2.24) is 5.32 Å². The Morgan fingerprint density at radius 1 is 1.31 bits per heavy atom. The van der Waals surface area contributed by atoms with Crippen molar-refractivity contribution in [3.63, 3.8) is 0 Å². The van der Waals surface area contributed by atoms with Gasteiger partial charge in [-0.15, -0.1) is 0 Å². The van der Waals surface area contributed by atoms with E-state index in [1.165, 1.54) is 16.7 Å². The molecular formula is C23H31ClN2. The van der Waals surface area contributed by atoms with Gasteiger partial charge in [-0.2, -0.15) is 0 Å². The standard InChI is InChI=1S/C23H31ClN2/c1-4-19(11-7-9-18-10-8-12-21(24)17-18)23(26-6-3)22(5-2)20-13-15-25-16-14-20/h4,6,8,10,12,17,25H,1,5,7,9,11,13-16H2,2-3H3/b23-19+,26-6?. The number of aryl methyl sites for hydroxylation is 1. The predicted octanol–water partition coefficient (Wildman–Crippen LogP) is 6.28. The molecule has 1 N–H and O–H groups in total. The maximum Gasteiger partial charge on any atom is 0.0688 e. The molecule has 3 heteroatoms. The Morgan fingerprint density at radius 3 is 2.69 bits per heavy atom. The summed E-state index contributed by atoms with van der Waals surface area (Å²) in [6.07, 6.45) is 10.2. The van der Waals surface area contributed by atoms with Gasteiger partial charge in [0.2, 0.25) is 0 Å². The highest BCUT2D eigenvalue weighted by Crippen LogP contribution is 2.30. The lowest BCUT2D eigenvalue weighted by atomic mass is 9.91. The molecule has 140 valence electrons. The average molecular weight is 371 g/mol. The smallest absolute Gasteiger partial charge is 0.0688 e. The fourth-order valence-electron chi connectivity index (χ4n) is 3.59. The third kappa shape index (κ3) is 5.96. The molecule has 0 bridgehead atoms. The summed E-state index contributed by atoms with van der Waals surface area (Å²) in [4.78, 5) is 4.77. The summed E-state index contributed by atoms with van der Waals surface area (Å²) in [5, 5.41) is 4.25. The lowest BCUT2D eigenvalue weighted by Gasteiger charge is -2.21. The van der Waals surface area contributed by atoms with Crippen LogP contribution in [-0.4, -0.2) is 19.3 Å². The number of rotatable bonds is 8. The van der Waals surface area contributed by atoms with Crippen LogP contribution in [-0.2, 0) is 6.42 Å². The summed E-state index contributed by atoms with van der Waals surface area (Å²) in [6.45, 7) is 10.4. The van der Waals surface area contributed by atoms with E-state index in [2.05, 4.69) is 31.0 Å². The van der Waals surface area contributed by atoms with Crippen molar-refractivity contribution in [2.45, 2.75) is 52.4 Å². The number of piperidine rings is 1. The van der Waals surface area contributed by atoms with Crippen molar-refractivity contribution in [2.24, 2.45) is 4.99 Å². The van der Waals surface area contributed by atoms with Crippen LogP contribution in [0.25, 0.3) is 0 Å². The second kappa shape index (κ2) is 11.2. The van der Waals surface area contributed by atoms with E-state index in [0.717, 1.165) is 62.3 Å². The highest BCUT2D eigenvalue weighted by molar-refractivity contribution is 6.30. The first kappa shape index (κ1) is 20.7. The first-order valence-corrected chi connectivity index (χ1v) is 10.1. The molecule has 0 unspecified atom stereocenters. The highest BCUT2D eigenvalue weighted by Gasteiger charge is 2.15. The molecule has 1 fully saturated rings. The van der Waals surface area contributed by atoms with E-state index in [4.69, 9.17) is 16.6 Å². The monoisotopic (exact) mass is 370 g/mol. The molecule has 2 nitrogen and oxygen atoms in total. The molecule has 2 rings (SSSR count). The van der Waals surface area contributed by atoms with E-state index in [-0.39, 0.29) is 0 Å². The predicted molar refractivity (Wildman–Crippen MR) is 115 cm³/mol. The topological polar surface area (TPSA) is 24.4 Å². The van der Waals surface area contributed by atoms with Crippen LogP contribution in [0.5, 0.6) is 0 Å². The molecule has 0 spiro atoms. The number of nitrogens with zero attached hydrogens (tertiary/aromatic N) is 1. The van der Waals surface area contributed by atoms with E-state index < -0.39 is 0 Å². The zero-order valence-electron chi connectivity index (χ0n) is 16.2. The molecule has 0 amide bonds. The summed E-state index contributed by atoms with van der Waals surface area (Å²) in [5.74, 6) is 0. The summed E-state index contributed by atoms with van der Waals surface area (Å²) in [7, 11) is 0. The molecule has 0 aliphatic carbocycles. The number of halogens is 1. The van der Waals surface area contributed by atoms with Crippen molar-refractivity contribution >= 4 is 17.8 Å². The minimum absolute atomic E-state index is 0.808. The van der Waals surface area contributed by atoms with E-state index in [1.54, 1.807) is 5.57 Å². The van der Waals surface area contributed by atoms with Gasteiger partial charge >= 0.3 is 0 Å². The second-order valence-corrected chi connectivity index (χ2v) is 7.07. The normalized spacial score (nSPS) is 15.9. The molecule has 0 atom stereocenters. The fraction of sp³-hybridized carbons (Fsp3) is 0.435. The van der Waals surface area contributed by atoms with Crippen LogP contribution >= 0.6 is 11.6 Å². The van der Waals surface area contributed by atoms with Gasteiger partial charge in [-0.05, 0) is 87.4 Å². The SMILES string of the molecule is C=C/C(CCCc1cccc(Cl)c1)=C(\N=CC)C(CC)=C1CCNCC1. The van der Waals surface area contributed by atoms with Crippen LogP contribution in [0.1, 0.15) is 51.5 Å². The molecule has 0 aromatic heterocycles. The van der Waals surface area contributed by atoms with E-state index in [1.807, 2.05) is 31.3 Å². The van der Waals surface area contributed by atoms with Gasteiger partial charge < -0.3 is 5.32 Å². The quantitative estimate of drug-likeness (QED) is 0.422. The average Bonchev–Trinajstić information content (AvgIpc) is 2.66. The van der Waals surface area contributed by atoms with Gasteiger partial charge in [0, 0.05) is 11.2 Å². The van der Waals surface area contributed by atoms with Gasteiger partial charge in [0.15, 0.2) is 0 Å². The number of benzene rings is 1. The minimum atomic E-state index is 0.808. The number of hydrogen-bond donors (Lipinski definition) is 1. The number of allylic oxidation sites excluding steroid dienone is 3. The van der Waals surface area contributed by atoms with Crippen molar-refractivity contribution in [2.75, 3.05) is 13.1 Å². The molecule has 0 radical (unpaired) electrons. The summed E-state index contributed by atoms with van der Waals surface area (Å²) in [5.41, 5.74) is 6.66. The number of aliphatic imine (C=N–C) groups is 1. The summed E-state index contributed by atoms with van der Waals surface area (Å²) in [6, 6.07) is 8.14. The van der Waals surface area contributed by atoms with Crippen molar-refractivity contribution in [1.29, 1.82) is 0 Å². The fourth-order valence-corrected chi connectivity index (χ4v) is 3.80. The molecule has 1 aromatic carbocycles. The van der Waals surface area contributed by atoms with Gasteiger partial charge in [-0.1, -0.05) is 48.9 Å². The lowest BCUT2D eigenvalue weighted by molar-refractivity contribution is 0.602. The van der Waals surface area contributed by atoms with E-state index in [9.17, 15) is 0 Å². The van der Waals surface area contributed by atoms with Gasteiger partial charge in [0.05, 0.1) is 5.70 Å². The van der Waals surface area contributed by atoms with E-state index in [0.29, 0.717) is 0 Å². The third-order valence-corrected chi connectivity index (χ3v) is 5.12. The van der Waals surface area contributed by atoms with Crippen LogP contribution in [0.15, 0.2) is 64.3 Å². The van der Waals surface area contributed by atoms with Gasteiger partial charge in [-0.3, -0.25) is 4.99 Å². The molecule has 1 heterocycles. The second-order valence-electron chi connectivity index (χ2n) is 6.63. The Kier molecular flexibility index (Phi) is 8.87. The molecule has 1 aromatic rings. The molecule has 1 aliphatic heterocycles. The maximum absolute atomic E-state index is 6.10. The summed E-state index contributed by atoms with van der Waals surface area (Å²) >= 11 is 6.10. The van der Waals surface area contributed by atoms with Crippen LogP contribution in [0.4, 0.5) is 0 Å². The van der Waals surface area contributed by atoms with E-state index >= 15 is 0 Å². The van der Waals surface area contributed by atoms with Crippen molar-refractivity contribution in [3.05, 3.63) is 69.9 Å². The zero-order valence-corrected chi connectivity index (χ0v) is 16.9. The summed E-state index contributed by atoms with van der Waals surface area (Å²) < 4.78 is 0. The Balaban J connectivity index is 2.21. The molecule has 0 saturated carbocycles. The van der Waals surface area contributed by atoms with Gasteiger partial charge in [-0.25, -0.2) is 0 Å². The molecular weight excluding hydrogens is 340 g/mol. The van der Waals surface area contributed by atoms with Crippen LogP contribution < -0.4 is 5.32 Å². The Morgan fingerprint density at radius 2 is 2.08 bits per heavy atom. The van der Waals surface area contributed by atoms with Crippen molar-refractivity contribution < 1.29 is 0 Å². The van der Waals surface area contributed by atoms with Crippen LogP contribution in [0.3, 0.4) is 0 Å². The van der Waals surface area contributed by atoms with Crippen LogP contribution in [0.2, 0.25) is 5.02 Å². The zero-order chi connectivity index (χ0) is 18.8. The molecule has 26 heavy (non-hydrogen) atoms. The molecule has 1 saturated heterocycles. The highest BCUT2D eigenvalue weighted by atomic mass is 35.5. The van der Waals surface area contributed by atoms with Gasteiger partial charge in [0.25, 0.3) is 0 Å². The first-order chi connectivity index (χ1) is 12.7. The third-order valence-electron chi connectivity index (χ3n) is 4.88. The Hall–Kier alpha value is -1.64. The maximum atomic E-state index is 6.10. The van der Waals surface area contributed by atoms with Crippen molar-refractivity contribution in [3.8, 4) is 0 Å². The molecule has 1 aliphatic rings. The first-order valence-electron chi connectivity index (χ1n) is 9.70. The number of nitrogens with one attached hydrogen (secondary N) is 1. The Bertz CT molecular complexity index is 690. The minimum Gasteiger partial charge on any atom is -0.316 e. The number of hydrogen-bond acceptors (Lipinski definition) is 2. The lowest BCUT2D eigenvalue weighted by Crippen LogP contribution is -2.24. The van der Waals surface area contributed by atoms with Crippen LogP contribution in [0, 0.1) is 0 Å². The van der Waals surface area contributed by atoms with Gasteiger partial charge in [0.1, 0.15) is 0 Å².